The molecule has 1 aliphatic heterocycles. The van der Waals surface area contributed by atoms with Gasteiger partial charge in [-0.3, -0.25) is 4.79 Å². The highest BCUT2D eigenvalue weighted by Crippen LogP contribution is 2.40. The van der Waals surface area contributed by atoms with Gasteiger partial charge in [-0.25, -0.2) is 22.3 Å². The topological polar surface area (TPSA) is 111 Å². The van der Waals surface area contributed by atoms with Gasteiger partial charge < -0.3 is 15.4 Å². The fourth-order valence-electron chi connectivity index (χ4n) is 4.00. The zero-order chi connectivity index (χ0) is 21.9. The highest BCUT2D eigenvalue weighted by molar-refractivity contribution is 7.89. The van der Waals surface area contributed by atoms with Gasteiger partial charge in [0.25, 0.3) is 5.91 Å². The molecule has 7 nitrogen and oxygen atoms in total. The Hall–Kier alpha value is -2.56. The Balaban J connectivity index is 2.12. The Kier molecular flexibility index (Phi) is 6.39. The second kappa shape index (κ2) is 8.66. The molecule has 10 heteroatoms. The maximum atomic E-state index is 14.8. The maximum Gasteiger partial charge on any atom is 0.256 e. The van der Waals surface area contributed by atoms with Gasteiger partial charge in [0.05, 0.1) is 12.7 Å². The fraction of sp³-hybridized carbons (Fsp3) is 0.350. The zero-order valence-electron chi connectivity index (χ0n) is 16.3. The van der Waals surface area contributed by atoms with Crippen LogP contribution in [0.2, 0.25) is 0 Å². The summed E-state index contributed by atoms with van der Waals surface area (Å²) in [6.07, 6.45) is 0.251. The van der Waals surface area contributed by atoms with Crippen molar-refractivity contribution in [3.63, 3.8) is 0 Å². The molecule has 1 unspecified atom stereocenters. The van der Waals surface area contributed by atoms with Crippen LogP contribution in [0.1, 0.15) is 28.8 Å². The van der Waals surface area contributed by atoms with E-state index in [1.54, 1.807) is 18.2 Å². The van der Waals surface area contributed by atoms with Crippen molar-refractivity contribution >= 4 is 15.9 Å². The molecule has 0 saturated carbocycles. The van der Waals surface area contributed by atoms with Crippen LogP contribution in [-0.2, 0) is 15.4 Å². The summed E-state index contributed by atoms with van der Waals surface area (Å²) in [7, 11) is -3.04. The molecule has 0 bridgehead atoms. The van der Waals surface area contributed by atoms with Crippen LogP contribution in [0.25, 0.3) is 0 Å². The third kappa shape index (κ3) is 4.16. The van der Waals surface area contributed by atoms with E-state index >= 15 is 0 Å². The molecule has 0 aromatic heterocycles. The van der Waals surface area contributed by atoms with Crippen molar-refractivity contribution in [1.29, 1.82) is 0 Å². The van der Waals surface area contributed by atoms with Crippen molar-refractivity contribution in [2.75, 3.05) is 20.2 Å². The molecule has 1 amide bonds. The number of sulfonamides is 1. The predicted molar refractivity (Wildman–Crippen MR) is 107 cm³/mol. The quantitative estimate of drug-likeness (QED) is 0.634. The number of carbonyl (C=O) groups excluding carboxylic acids is 1. The van der Waals surface area contributed by atoms with Gasteiger partial charge in [-0.2, -0.15) is 0 Å². The highest BCUT2D eigenvalue weighted by Gasteiger charge is 2.49. The van der Waals surface area contributed by atoms with Gasteiger partial charge in [0.1, 0.15) is 5.75 Å². The van der Waals surface area contributed by atoms with E-state index in [9.17, 15) is 22.0 Å². The highest BCUT2D eigenvalue weighted by atomic mass is 32.2. The molecule has 3 rings (SSSR count). The lowest BCUT2D eigenvalue weighted by Gasteiger charge is -2.43. The predicted octanol–water partition coefficient (Wildman–Crippen LogP) is 1.64. The van der Waals surface area contributed by atoms with Crippen LogP contribution in [-0.4, -0.2) is 39.9 Å². The Morgan fingerprint density at radius 1 is 1.17 bits per heavy atom. The number of hydrogen-bond acceptors (Lipinski definition) is 5. The molecule has 1 atom stereocenters. The van der Waals surface area contributed by atoms with E-state index in [0.29, 0.717) is 13.1 Å². The number of benzene rings is 2. The first-order valence-corrected chi connectivity index (χ1v) is 10.9. The summed E-state index contributed by atoms with van der Waals surface area (Å²) in [5.74, 6) is -2.77. The van der Waals surface area contributed by atoms with E-state index in [-0.39, 0.29) is 29.7 Å². The van der Waals surface area contributed by atoms with E-state index in [2.05, 4.69) is 10.6 Å². The first-order valence-electron chi connectivity index (χ1n) is 9.31. The van der Waals surface area contributed by atoms with Gasteiger partial charge in [0.2, 0.25) is 10.0 Å². The lowest BCUT2D eigenvalue weighted by Crippen LogP contribution is -2.60. The lowest BCUT2D eigenvalue weighted by molar-refractivity contribution is 0.0921. The molecule has 4 N–H and O–H groups in total. The molecule has 2 aromatic carbocycles. The average molecular weight is 439 g/mol. The number of carbonyl (C=O) groups is 1. The molecule has 1 heterocycles. The SMILES string of the molecule is COc1ccccc1C(=O)NC(C1(c2cccc(F)c2F)CCNCC1)S(N)(=O)=O. The molecule has 0 spiro atoms. The molecule has 1 fully saturated rings. The van der Waals surface area contributed by atoms with Crippen molar-refractivity contribution in [2.45, 2.75) is 23.6 Å². The summed E-state index contributed by atoms with van der Waals surface area (Å²) >= 11 is 0. The number of ether oxygens (including phenoxy) is 1. The standard InChI is InChI=1S/C20H23F2N3O4S/c1-29-16-8-3-2-5-13(16)18(26)25-19(30(23,27)28)20(9-11-24-12-10-20)14-6-4-7-15(21)17(14)22/h2-8,19,24H,9-12H2,1H3,(H,25,26)(H2,23,27,28). The monoisotopic (exact) mass is 439 g/mol. The Bertz CT molecular complexity index is 1040. The third-order valence-corrected chi connectivity index (χ3v) is 6.65. The molecule has 0 aliphatic carbocycles. The third-order valence-electron chi connectivity index (χ3n) is 5.43. The number of halogens is 2. The van der Waals surface area contributed by atoms with Crippen molar-refractivity contribution < 1.29 is 26.7 Å². The number of piperidine rings is 1. The Labute approximate surface area is 173 Å². The number of methoxy groups -OCH3 is 1. The van der Waals surface area contributed by atoms with Crippen molar-refractivity contribution in [1.82, 2.24) is 10.6 Å². The maximum absolute atomic E-state index is 14.8. The van der Waals surface area contributed by atoms with Crippen LogP contribution < -0.4 is 20.5 Å². The largest absolute Gasteiger partial charge is 0.496 e. The van der Waals surface area contributed by atoms with E-state index in [0.717, 1.165) is 6.07 Å². The molecule has 0 radical (unpaired) electrons. The summed E-state index contributed by atoms with van der Waals surface area (Å²) in [4.78, 5) is 13.0. The minimum atomic E-state index is -4.41. The fourth-order valence-corrected chi connectivity index (χ4v) is 5.26. The first-order chi connectivity index (χ1) is 14.2. The van der Waals surface area contributed by atoms with Gasteiger partial charge in [0, 0.05) is 11.0 Å². The number of amides is 1. The molecule has 1 saturated heterocycles. The van der Waals surface area contributed by atoms with Crippen LogP contribution in [0.3, 0.4) is 0 Å². The Morgan fingerprint density at radius 2 is 1.83 bits per heavy atom. The molecule has 30 heavy (non-hydrogen) atoms. The summed E-state index contributed by atoms with van der Waals surface area (Å²) in [5, 5.41) is 9.35. The van der Waals surface area contributed by atoms with Crippen molar-refractivity contribution in [3.05, 3.63) is 65.2 Å². The van der Waals surface area contributed by atoms with Gasteiger partial charge >= 0.3 is 0 Å². The number of para-hydroxylation sites is 1. The van der Waals surface area contributed by atoms with Gasteiger partial charge in [-0.05, 0) is 44.1 Å². The second-order valence-corrected chi connectivity index (χ2v) is 8.80. The van der Waals surface area contributed by atoms with E-state index < -0.39 is 38.4 Å². The smallest absolute Gasteiger partial charge is 0.256 e. The van der Waals surface area contributed by atoms with Gasteiger partial charge in [-0.1, -0.05) is 24.3 Å². The number of rotatable bonds is 6. The minimum Gasteiger partial charge on any atom is -0.496 e. The van der Waals surface area contributed by atoms with Crippen LogP contribution in [0, 0.1) is 11.6 Å². The minimum absolute atomic E-state index is 0.0949. The normalized spacial score (nSPS) is 17.2. The second-order valence-electron chi connectivity index (χ2n) is 7.15. The van der Waals surface area contributed by atoms with Gasteiger partial charge in [0.15, 0.2) is 17.0 Å². The molecule has 2 aromatic rings. The van der Waals surface area contributed by atoms with Crippen LogP contribution in [0.5, 0.6) is 5.75 Å². The van der Waals surface area contributed by atoms with E-state index in [1.807, 2.05) is 0 Å². The van der Waals surface area contributed by atoms with Crippen LogP contribution in [0.4, 0.5) is 8.78 Å². The molecular formula is C20H23F2N3O4S. The summed E-state index contributed by atoms with van der Waals surface area (Å²) < 4.78 is 59.2. The molecule has 162 valence electrons. The van der Waals surface area contributed by atoms with Gasteiger partial charge in [-0.15, -0.1) is 0 Å². The summed E-state index contributed by atoms with van der Waals surface area (Å²) in [6.45, 7) is 0.680. The average Bonchev–Trinajstić information content (AvgIpc) is 2.73. The van der Waals surface area contributed by atoms with Crippen LogP contribution >= 0.6 is 0 Å². The number of primary sulfonamides is 1. The Morgan fingerprint density at radius 3 is 2.47 bits per heavy atom. The lowest BCUT2D eigenvalue weighted by atomic mass is 9.72. The number of hydrogen-bond donors (Lipinski definition) is 3. The van der Waals surface area contributed by atoms with E-state index in [1.165, 1.54) is 25.3 Å². The molecular weight excluding hydrogens is 416 g/mol. The first kappa shape index (κ1) is 22.1. The molecule has 1 aliphatic rings. The summed E-state index contributed by atoms with van der Waals surface area (Å²) in [6, 6.07) is 9.85. The zero-order valence-corrected chi connectivity index (χ0v) is 17.1. The number of nitrogens with one attached hydrogen (secondary N) is 2. The summed E-state index contributed by atoms with van der Waals surface area (Å²) in [5.41, 5.74) is -1.50. The van der Waals surface area contributed by atoms with Crippen molar-refractivity contribution in [3.8, 4) is 5.75 Å². The van der Waals surface area contributed by atoms with E-state index in [4.69, 9.17) is 9.88 Å². The van der Waals surface area contributed by atoms with Crippen molar-refractivity contribution in [2.24, 2.45) is 5.14 Å². The number of nitrogens with two attached hydrogens (primary N) is 1. The van der Waals surface area contributed by atoms with Crippen LogP contribution in [0.15, 0.2) is 42.5 Å².